The Bertz CT molecular complexity index is 1070. The summed E-state index contributed by atoms with van der Waals surface area (Å²) in [6.07, 6.45) is 11.8. The van der Waals surface area contributed by atoms with Crippen LogP contribution in [0.25, 0.3) is 0 Å². The summed E-state index contributed by atoms with van der Waals surface area (Å²) in [6, 6.07) is 1.18. The number of benzene rings is 1. The van der Waals surface area contributed by atoms with Crippen LogP contribution in [0.4, 0.5) is 22.0 Å². The Kier molecular flexibility index (Phi) is 11.5. The molecule has 0 bridgehead atoms. The smallest absolute Gasteiger partial charge is 0.288 e. The highest BCUT2D eigenvalue weighted by atomic mass is 19.3. The fourth-order valence-electron chi connectivity index (χ4n) is 5.63. The molecular formula is C31H43F5N2O3. The maximum Gasteiger partial charge on any atom is 0.288 e. The zero-order chi connectivity index (χ0) is 29.4. The molecule has 2 heterocycles. The molecule has 0 N–H and O–H groups in total. The number of unbranched alkanes of at least 4 members (excludes halogenated alkanes) is 8. The lowest BCUT2D eigenvalue weighted by atomic mass is 9.77. The minimum atomic E-state index is -3.78. The molecular weight excluding hydrogens is 543 g/mol. The number of hydrogen-bond donors (Lipinski definition) is 0. The van der Waals surface area contributed by atoms with E-state index in [2.05, 4.69) is 18.8 Å². The summed E-state index contributed by atoms with van der Waals surface area (Å²) in [5, 5.41) is 0.863. The van der Waals surface area contributed by atoms with E-state index in [0.29, 0.717) is 6.42 Å². The van der Waals surface area contributed by atoms with E-state index in [9.17, 15) is 8.78 Å². The van der Waals surface area contributed by atoms with E-state index in [1.807, 2.05) is 0 Å². The van der Waals surface area contributed by atoms with Gasteiger partial charge >= 0.3 is 0 Å². The summed E-state index contributed by atoms with van der Waals surface area (Å²) in [5.74, 6) is -8.78. The highest BCUT2D eigenvalue weighted by molar-refractivity contribution is 5.98. The average molecular weight is 587 g/mol. The molecule has 5 nitrogen and oxygen atoms in total. The van der Waals surface area contributed by atoms with E-state index in [1.165, 1.54) is 24.8 Å². The molecule has 0 amide bonds. The first-order valence-corrected chi connectivity index (χ1v) is 15.3. The van der Waals surface area contributed by atoms with E-state index in [4.69, 9.17) is 14.3 Å². The molecule has 10 heteroatoms. The minimum Gasteiger partial charge on any atom is -0.490 e. The molecule has 0 spiro atoms. The fourth-order valence-corrected chi connectivity index (χ4v) is 5.63. The van der Waals surface area contributed by atoms with Crippen LogP contribution < -0.4 is 4.74 Å². The summed E-state index contributed by atoms with van der Waals surface area (Å²) >= 11 is 0. The third-order valence-corrected chi connectivity index (χ3v) is 8.12. The number of ether oxygens (including phenoxy) is 2. The van der Waals surface area contributed by atoms with Gasteiger partial charge in [-0.3, -0.25) is 4.84 Å². The summed E-state index contributed by atoms with van der Waals surface area (Å²) in [4.78, 5) is 9.25. The number of alkyl halides is 3. The maximum absolute atomic E-state index is 15.6. The Hall–Kier alpha value is -2.20. The number of aliphatic imine (C=N–C) groups is 1. The Morgan fingerprint density at radius 3 is 2.41 bits per heavy atom. The van der Waals surface area contributed by atoms with Crippen LogP contribution in [0.15, 0.2) is 23.3 Å². The average Bonchev–Trinajstić information content (AvgIpc) is 3.70. The molecule has 4 atom stereocenters. The van der Waals surface area contributed by atoms with Gasteiger partial charge in [0.1, 0.15) is 12.7 Å². The zero-order valence-corrected chi connectivity index (χ0v) is 24.2. The number of halogens is 5. The second-order valence-electron chi connectivity index (χ2n) is 11.3. The molecule has 3 aliphatic rings. The van der Waals surface area contributed by atoms with Crippen molar-refractivity contribution in [3.8, 4) is 5.75 Å². The molecule has 4 unspecified atom stereocenters. The number of aryl methyl sites for hydroxylation is 1. The van der Waals surface area contributed by atoms with Gasteiger partial charge in [-0.25, -0.2) is 23.2 Å². The number of allylic oxidation sites excluding steroid dienone is 1. The number of fused-ring (bicyclic) bond motifs is 1. The Labute approximate surface area is 240 Å². The number of nitrogens with zero attached hydrogens (tertiary/aromatic N) is 2. The third-order valence-electron chi connectivity index (χ3n) is 8.12. The molecule has 4 rings (SSSR count). The van der Waals surface area contributed by atoms with Crippen LogP contribution in [0.2, 0.25) is 0 Å². The van der Waals surface area contributed by atoms with Crippen molar-refractivity contribution in [2.75, 3.05) is 13.2 Å². The van der Waals surface area contributed by atoms with E-state index in [1.54, 1.807) is 0 Å². The minimum absolute atomic E-state index is 0.000995. The highest BCUT2D eigenvalue weighted by Crippen LogP contribution is 2.48. The molecule has 0 saturated carbocycles. The normalized spacial score (nSPS) is 24.8. The molecule has 1 saturated heterocycles. The summed E-state index contributed by atoms with van der Waals surface area (Å²) < 4.78 is 86.9. The molecule has 2 aliphatic heterocycles. The molecule has 0 aromatic heterocycles. The van der Waals surface area contributed by atoms with Crippen LogP contribution in [0, 0.1) is 17.6 Å². The van der Waals surface area contributed by atoms with Crippen molar-refractivity contribution >= 4 is 5.71 Å². The SMILES string of the molecule is CCCCCCCCOc1cc2c(c(F)c1F)C(F)(F)C(C1=NC(F)N(OCC3OC3CCCCCC)C=C1)CC2. The zero-order valence-electron chi connectivity index (χ0n) is 24.2. The second-order valence-corrected chi connectivity index (χ2v) is 11.3. The second kappa shape index (κ2) is 14.8. The molecule has 0 radical (unpaired) electrons. The van der Waals surface area contributed by atoms with Crippen molar-refractivity contribution in [2.24, 2.45) is 10.9 Å². The number of rotatable bonds is 17. The first-order chi connectivity index (χ1) is 19.8. The monoisotopic (exact) mass is 586 g/mol. The molecule has 1 aromatic carbocycles. The van der Waals surface area contributed by atoms with Gasteiger partial charge in [-0.05, 0) is 43.4 Å². The van der Waals surface area contributed by atoms with Crippen molar-refractivity contribution in [1.82, 2.24) is 5.06 Å². The summed E-state index contributed by atoms with van der Waals surface area (Å²) in [6.45, 7) is 4.59. The van der Waals surface area contributed by atoms with Gasteiger partial charge in [-0.2, -0.15) is 8.78 Å². The van der Waals surface area contributed by atoms with Crippen LogP contribution in [0.3, 0.4) is 0 Å². The lowest BCUT2D eigenvalue weighted by Crippen LogP contribution is -2.40. The van der Waals surface area contributed by atoms with Crippen molar-refractivity contribution in [3.05, 3.63) is 41.1 Å². The van der Waals surface area contributed by atoms with Gasteiger partial charge in [-0.15, -0.1) is 0 Å². The quantitative estimate of drug-likeness (QED) is 0.0794. The number of hydrogen-bond acceptors (Lipinski definition) is 5. The Morgan fingerprint density at radius 2 is 1.68 bits per heavy atom. The van der Waals surface area contributed by atoms with Gasteiger partial charge in [0.05, 0.1) is 29.9 Å². The summed E-state index contributed by atoms with van der Waals surface area (Å²) in [7, 11) is 0. The highest BCUT2D eigenvalue weighted by Gasteiger charge is 2.51. The fraction of sp³-hybridized carbons (Fsp3) is 0.710. The molecule has 1 fully saturated rings. The van der Waals surface area contributed by atoms with E-state index < -0.39 is 35.5 Å². The van der Waals surface area contributed by atoms with Gasteiger partial charge in [0.15, 0.2) is 11.6 Å². The molecule has 41 heavy (non-hydrogen) atoms. The van der Waals surface area contributed by atoms with Gasteiger partial charge in [0.2, 0.25) is 5.82 Å². The van der Waals surface area contributed by atoms with Gasteiger partial charge in [0, 0.05) is 6.20 Å². The molecule has 230 valence electrons. The lowest BCUT2D eigenvalue weighted by Gasteiger charge is -2.35. The Balaban J connectivity index is 1.32. The summed E-state index contributed by atoms with van der Waals surface area (Å²) in [5.41, 5.74) is -1.22. The van der Waals surface area contributed by atoms with Crippen LogP contribution >= 0.6 is 0 Å². The van der Waals surface area contributed by atoms with Crippen LogP contribution in [-0.2, 0) is 21.9 Å². The van der Waals surface area contributed by atoms with Crippen molar-refractivity contribution < 1.29 is 36.3 Å². The van der Waals surface area contributed by atoms with Gasteiger partial charge < -0.3 is 9.47 Å². The number of hydroxylamine groups is 2. The topological polar surface area (TPSA) is 46.6 Å². The van der Waals surface area contributed by atoms with Crippen molar-refractivity contribution in [1.29, 1.82) is 0 Å². The molecule has 1 aliphatic carbocycles. The van der Waals surface area contributed by atoms with Gasteiger partial charge in [-0.1, -0.05) is 71.6 Å². The predicted molar refractivity (Wildman–Crippen MR) is 148 cm³/mol. The lowest BCUT2D eigenvalue weighted by molar-refractivity contribution is -0.182. The Morgan fingerprint density at radius 1 is 0.976 bits per heavy atom. The van der Waals surface area contributed by atoms with Gasteiger partial charge in [0.25, 0.3) is 12.3 Å². The van der Waals surface area contributed by atoms with Crippen LogP contribution in [0.5, 0.6) is 5.75 Å². The van der Waals surface area contributed by atoms with E-state index >= 15 is 13.2 Å². The standard InChI is InChI=1S/C31H43F5N2O3/c1-3-5-7-9-10-12-18-39-25-19-21-14-15-22(31(35,36)27(21)29(33)28(25)32)23-16-17-38(30(34)37-23)40-20-26-24(41-26)13-11-8-6-4-2/h16-17,19,22,24,26,30H,3-15,18,20H2,1-2H3. The maximum atomic E-state index is 15.6. The largest absolute Gasteiger partial charge is 0.490 e. The third kappa shape index (κ3) is 8.00. The van der Waals surface area contributed by atoms with E-state index in [-0.39, 0.29) is 55.3 Å². The van der Waals surface area contributed by atoms with E-state index in [0.717, 1.165) is 62.9 Å². The van der Waals surface area contributed by atoms with Crippen molar-refractivity contribution in [2.45, 2.75) is 122 Å². The predicted octanol–water partition coefficient (Wildman–Crippen LogP) is 8.55. The molecule has 1 aromatic rings. The van der Waals surface area contributed by atoms with Crippen LogP contribution in [-0.4, -0.2) is 42.6 Å². The number of epoxide rings is 1. The van der Waals surface area contributed by atoms with Crippen molar-refractivity contribution in [3.63, 3.8) is 0 Å². The first-order valence-electron chi connectivity index (χ1n) is 15.3. The van der Waals surface area contributed by atoms with Crippen LogP contribution in [0.1, 0.15) is 102 Å². The first kappa shape index (κ1) is 31.7.